The average molecular weight is 656 g/mol. The summed E-state index contributed by atoms with van der Waals surface area (Å²) in [5.74, 6) is -4.88. The molecule has 0 saturated heterocycles. The Morgan fingerprint density at radius 1 is 0.891 bits per heavy atom. The van der Waals surface area contributed by atoms with Crippen LogP contribution in [0.3, 0.4) is 0 Å². The summed E-state index contributed by atoms with van der Waals surface area (Å²) >= 11 is 0. The Morgan fingerprint density at radius 2 is 1.48 bits per heavy atom. The van der Waals surface area contributed by atoms with Gasteiger partial charge in [-0.05, 0) is 74.7 Å². The third-order valence-electron chi connectivity index (χ3n) is 6.98. The summed E-state index contributed by atoms with van der Waals surface area (Å²) in [6.45, 7) is 5.19. The molecular weight excluding hydrogens is 630 g/mol. The summed E-state index contributed by atoms with van der Waals surface area (Å²) in [4.78, 5) is 38.2. The van der Waals surface area contributed by atoms with E-state index >= 15 is 4.39 Å². The first kappa shape index (κ1) is 35.5. The summed E-state index contributed by atoms with van der Waals surface area (Å²) in [5, 5.41) is 13.9. The van der Waals surface area contributed by atoms with Crippen LogP contribution in [-0.4, -0.2) is 36.7 Å². The van der Waals surface area contributed by atoms with Crippen LogP contribution in [0.15, 0.2) is 48.5 Å². The van der Waals surface area contributed by atoms with Crippen LogP contribution in [0.4, 0.5) is 46.5 Å². The van der Waals surface area contributed by atoms with E-state index in [2.05, 4.69) is 10.6 Å². The molecule has 46 heavy (non-hydrogen) atoms. The molecule has 2 N–H and O–H groups in total. The number of nitriles is 1. The Balaban J connectivity index is 1.91. The van der Waals surface area contributed by atoms with Crippen molar-refractivity contribution in [3.05, 3.63) is 93.3 Å². The standard InChI is InChI=1S/C31H25F8N3O4/c1-5-46-28(45)17(4)22-13-18(9-10-19(22)14-40)26(43)41-23-8-6-7-21(24(23)32)27(44)42-25-15(2)11-20(12-16(25)3)29(33,30(34,35)36)31(37,38)39/h6-13,17H,5H2,1-4H3,(H,41,43)(H,42,44). The van der Waals surface area contributed by atoms with Crippen LogP contribution in [-0.2, 0) is 15.2 Å². The minimum Gasteiger partial charge on any atom is -0.466 e. The number of carbonyl (C=O) groups excluding carboxylic acids is 3. The molecule has 0 fully saturated rings. The molecule has 244 valence electrons. The molecular formula is C31H25F8N3O4. The molecule has 15 heteroatoms. The first-order valence-electron chi connectivity index (χ1n) is 13.3. The van der Waals surface area contributed by atoms with Gasteiger partial charge in [0.2, 0.25) is 0 Å². The molecule has 0 bridgehead atoms. The van der Waals surface area contributed by atoms with Gasteiger partial charge in [0.05, 0.1) is 35.4 Å². The molecule has 0 spiro atoms. The molecule has 1 unspecified atom stereocenters. The summed E-state index contributed by atoms with van der Waals surface area (Å²) in [5.41, 5.74) is -9.45. The van der Waals surface area contributed by atoms with Gasteiger partial charge < -0.3 is 15.4 Å². The number of carbonyl (C=O) groups is 3. The first-order valence-corrected chi connectivity index (χ1v) is 13.3. The second kappa shape index (κ2) is 13.2. The van der Waals surface area contributed by atoms with Crippen LogP contribution >= 0.6 is 0 Å². The average Bonchev–Trinajstić information content (AvgIpc) is 2.97. The maximum atomic E-state index is 15.4. The molecule has 0 aliphatic heterocycles. The lowest BCUT2D eigenvalue weighted by molar-refractivity contribution is -0.348. The molecule has 7 nitrogen and oxygen atoms in total. The smallest absolute Gasteiger partial charge is 0.435 e. The lowest BCUT2D eigenvalue weighted by Gasteiger charge is -2.31. The molecule has 0 radical (unpaired) electrons. The van der Waals surface area contributed by atoms with Crippen molar-refractivity contribution in [2.75, 3.05) is 17.2 Å². The highest BCUT2D eigenvalue weighted by molar-refractivity contribution is 6.08. The molecule has 0 saturated carbocycles. The first-order chi connectivity index (χ1) is 21.3. The number of benzene rings is 3. The number of nitrogens with zero attached hydrogens (tertiary/aromatic N) is 1. The maximum Gasteiger partial charge on any atom is 0.435 e. The summed E-state index contributed by atoms with van der Waals surface area (Å²) in [6, 6.07) is 9.56. The lowest BCUT2D eigenvalue weighted by Crippen LogP contribution is -2.50. The molecule has 3 aromatic rings. The van der Waals surface area contributed by atoms with Gasteiger partial charge >= 0.3 is 24.0 Å². The van der Waals surface area contributed by atoms with Crippen molar-refractivity contribution >= 4 is 29.2 Å². The van der Waals surface area contributed by atoms with E-state index in [1.807, 2.05) is 6.07 Å². The van der Waals surface area contributed by atoms with Gasteiger partial charge in [0.15, 0.2) is 5.82 Å². The number of aryl methyl sites for hydroxylation is 2. The maximum absolute atomic E-state index is 15.4. The Labute approximate surface area is 257 Å². The van der Waals surface area contributed by atoms with Gasteiger partial charge in [0.1, 0.15) is 0 Å². The zero-order chi connectivity index (χ0) is 34.8. The normalized spacial score (nSPS) is 12.6. The van der Waals surface area contributed by atoms with E-state index in [1.165, 1.54) is 31.2 Å². The predicted octanol–water partition coefficient (Wildman–Crippen LogP) is 7.77. The highest BCUT2D eigenvalue weighted by Crippen LogP contribution is 2.53. The van der Waals surface area contributed by atoms with Crippen molar-refractivity contribution in [1.29, 1.82) is 5.26 Å². The molecule has 2 amide bonds. The highest BCUT2D eigenvalue weighted by atomic mass is 19.4. The lowest BCUT2D eigenvalue weighted by atomic mass is 9.90. The minimum absolute atomic E-state index is 0.0765. The van der Waals surface area contributed by atoms with Crippen LogP contribution in [0.2, 0.25) is 0 Å². The number of alkyl halides is 7. The Kier molecular flexibility index (Phi) is 10.1. The van der Waals surface area contributed by atoms with Crippen LogP contribution in [0, 0.1) is 31.0 Å². The van der Waals surface area contributed by atoms with Crippen molar-refractivity contribution in [3.63, 3.8) is 0 Å². The number of hydrogen-bond donors (Lipinski definition) is 2. The zero-order valence-electron chi connectivity index (χ0n) is 24.5. The van der Waals surface area contributed by atoms with Gasteiger partial charge in [-0.25, -0.2) is 8.78 Å². The van der Waals surface area contributed by atoms with Gasteiger partial charge in [-0.3, -0.25) is 14.4 Å². The van der Waals surface area contributed by atoms with E-state index in [0.717, 1.165) is 26.0 Å². The van der Waals surface area contributed by atoms with E-state index in [9.17, 15) is 50.4 Å². The fourth-order valence-electron chi connectivity index (χ4n) is 4.59. The van der Waals surface area contributed by atoms with E-state index < -0.39 is 64.4 Å². The molecule has 0 heterocycles. The van der Waals surface area contributed by atoms with Crippen LogP contribution in [0.1, 0.15) is 68.3 Å². The number of ether oxygens (including phenoxy) is 1. The van der Waals surface area contributed by atoms with Crippen LogP contribution in [0.5, 0.6) is 0 Å². The quantitative estimate of drug-likeness (QED) is 0.190. The van der Waals surface area contributed by atoms with E-state index in [1.54, 1.807) is 6.92 Å². The minimum atomic E-state index is -6.35. The number of nitrogens with one attached hydrogen (secondary N) is 2. The van der Waals surface area contributed by atoms with Crippen LogP contribution in [0.25, 0.3) is 0 Å². The Hall–Kier alpha value is -5.00. The van der Waals surface area contributed by atoms with Crippen molar-refractivity contribution < 1.29 is 54.2 Å². The van der Waals surface area contributed by atoms with Crippen LogP contribution < -0.4 is 10.6 Å². The van der Waals surface area contributed by atoms with E-state index in [4.69, 9.17) is 4.74 Å². The second-order valence-corrected chi connectivity index (χ2v) is 10.1. The molecule has 0 aliphatic rings. The van der Waals surface area contributed by atoms with E-state index in [0.29, 0.717) is 0 Å². The van der Waals surface area contributed by atoms with Gasteiger partial charge in [-0.2, -0.15) is 31.6 Å². The molecule has 0 aromatic heterocycles. The number of anilines is 2. The van der Waals surface area contributed by atoms with Crippen molar-refractivity contribution in [3.8, 4) is 6.07 Å². The Bertz CT molecular complexity index is 1690. The molecule has 3 aromatic carbocycles. The number of esters is 1. The van der Waals surface area contributed by atoms with Gasteiger partial charge in [0, 0.05) is 16.8 Å². The SMILES string of the molecule is CCOC(=O)C(C)c1cc(C(=O)Nc2cccc(C(=O)Nc3c(C)cc(C(F)(C(F)(F)F)C(F)(F)F)cc3C)c2F)ccc1C#N. The monoisotopic (exact) mass is 655 g/mol. The van der Waals surface area contributed by atoms with Gasteiger partial charge in [-0.15, -0.1) is 0 Å². The number of hydrogen-bond acceptors (Lipinski definition) is 5. The van der Waals surface area contributed by atoms with Crippen molar-refractivity contribution in [1.82, 2.24) is 0 Å². The number of rotatable bonds is 8. The van der Waals surface area contributed by atoms with Crippen molar-refractivity contribution in [2.45, 2.75) is 51.6 Å². The largest absolute Gasteiger partial charge is 0.466 e. The zero-order valence-corrected chi connectivity index (χ0v) is 24.5. The third kappa shape index (κ3) is 6.80. The van der Waals surface area contributed by atoms with E-state index in [-0.39, 0.29) is 52.2 Å². The second-order valence-electron chi connectivity index (χ2n) is 10.1. The van der Waals surface area contributed by atoms with Crippen molar-refractivity contribution in [2.24, 2.45) is 0 Å². The summed E-state index contributed by atoms with van der Waals surface area (Å²) in [7, 11) is 0. The topological polar surface area (TPSA) is 108 Å². The predicted molar refractivity (Wildman–Crippen MR) is 149 cm³/mol. The molecule has 3 rings (SSSR count). The fourth-order valence-corrected chi connectivity index (χ4v) is 4.59. The van der Waals surface area contributed by atoms with Gasteiger partial charge in [0.25, 0.3) is 11.8 Å². The Morgan fingerprint density at radius 3 is 2.00 bits per heavy atom. The third-order valence-corrected chi connectivity index (χ3v) is 6.98. The molecule has 1 atom stereocenters. The highest BCUT2D eigenvalue weighted by Gasteiger charge is 2.73. The fraction of sp³-hybridized carbons (Fsp3) is 0.290. The molecule has 0 aliphatic carbocycles. The number of amides is 2. The summed E-state index contributed by atoms with van der Waals surface area (Å²) < 4.78 is 114. The summed E-state index contributed by atoms with van der Waals surface area (Å²) in [6.07, 6.45) is -12.7. The van der Waals surface area contributed by atoms with Gasteiger partial charge in [-0.1, -0.05) is 18.2 Å². The number of halogens is 8.